The predicted octanol–water partition coefficient (Wildman–Crippen LogP) is 4.34. The van der Waals surface area contributed by atoms with Crippen molar-refractivity contribution in [3.8, 4) is 11.1 Å². The van der Waals surface area contributed by atoms with Crippen LogP contribution in [0.3, 0.4) is 0 Å². The maximum atomic E-state index is 13.5. The Morgan fingerprint density at radius 2 is 1.88 bits per heavy atom. The summed E-state index contributed by atoms with van der Waals surface area (Å²) in [5, 5.41) is 3.77. The molecular formula is C17H12F4N2O2. The van der Waals surface area contributed by atoms with Gasteiger partial charge in [-0.25, -0.2) is 14.6 Å². The summed E-state index contributed by atoms with van der Waals surface area (Å²) in [7, 11) is 0. The molecule has 0 radical (unpaired) electrons. The van der Waals surface area contributed by atoms with E-state index < -0.39 is 29.8 Å². The van der Waals surface area contributed by atoms with Crippen molar-refractivity contribution in [2.75, 3.05) is 0 Å². The van der Waals surface area contributed by atoms with Gasteiger partial charge in [0.15, 0.2) is 0 Å². The van der Waals surface area contributed by atoms with Gasteiger partial charge in [-0.3, -0.25) is 0 Å². The fourth-order valence-electron chi connectivity index (χ4n) is 2.58. The summed E-state index contributed by atoms with van der Waals surface area (Å²) in [6.07, 6.45) is -6.22. The highest BCUT2D eigenvalue weighted by Crippen LogP contribution is 2.38. The fraction of sp³-hybridized carbons (Fsp3) is 0.176. The minimum atomic E-state index is -4.65. The topological polar surface area (TPSA) is 50.7 Å². The van der Waals surface area contributed by atoms with Crippen LogP contribution in [0, 0.1) is 5.82 Å². The second-order valence-electron chi connectivity index (χ2n) is 5.42. The predicted molar refractivity (Wildman–Crippen MR) is 82.5 cm³/mol. The Kier molecular flexibility index (Phi) is 4.20. The van der Waals surface area contributed by atoms with Gasteiger partial charge in [0.1, 0.15) is 17.6 Å². The molecule has 0 saturated carbocycles. The van der Waals surface area contributed by atoms with Crippen molar-refractivity contribution >= 4 is 11.8 Å². The average molecular weight is 352 g/mol. The van der Waals surface area contributed by atoms with Crippen molar-refractivity contribution in [1.29, 1.82) is 0 Å². The number of cyclic esters (lactones) is 1. The largest absolute Gasteiger partial charge is 0.439 e. The number of halogens is 4. The van der Waals surface area contributed by atoms with Gasteiger partial charge >= 0.3 is 12.3 Å². The summed E-state index contributed by atoms with van der Waals surface area (Å²) in [4.78, 5) is 11.1. The molecule has 0 aromatic heterocycles. The lowest BCUT2D eigenvalue weighted by molar-refractivity contribution is -0.137. The molecule has 0 unspecified atom stereocenters. The Hall–Kier alpha value is -2.90. The van der Waals surface area contributed by atoms with Crippen molar-refractivity contribution in [2.24, 2.45) is 5.10 Å². The van der Waals surface area contributed by atoms with E-state index in [0.29, 0.717) is 0 Å². The van der Waals surface area contributed by atoms with Crippen LogP contribution in [0.15, 0.2) is 47.6 Å². The van der Waals surface area contributed by atoms with Crippen LogP contribution in [-0.4, -0.2) is 17.9 Å². The number of hydrazone groups is 1. The van der Waals surface area contributed by atoms with Crippen molar-refractivity contribution in [1.82, 2.24) is 5.43 Å². The number of ether oxygens (including phenoxy) is 1. The van der Waals surface area contributed by atoms with E-state index in [1.807, 2.05) is 0 Å². The third kappa shape index (κ3) is 3.47. The van der Waals surface area contributed by atoms with Gasteiger partial charge in [-0.1, -0.05) is 24.3 Å². The van der Waals surface area contributed by atoms with Crippen LogP contribution < -0.4 is 5.43 Å². The van der Waals surface area contributed by atoms with Gasteiger partial charge in [-0.2, -0.15) is 18.3 Å². The molecule has 0 bridgehead atoms. The number of rotatable bonds is 2. The van der Waals surface area contributed by atoms with Crippen LogP contribution in [0.4, 0.5) is 22.4 Å². The van der Waals surface area contributed by atoms with E-state index in [1.54, 1.807) is 0 Å². The quantitative estimate of drug-likeness (QED) is 0.818. The number of amides is 1. The molecule has 2 aromatic carbocycles. The molecule has 1 aliphatic rings. The highest BCUT2D eigenvalue weighted by Gasteiger charge is 2.35. The van der Waals surface area contributed by atoms with Gasteiger partial charge in [0.2, 0.25) is 0 Å². The Balaban J connectivity index is 2.12. The van der Waals surface area contributed by atoms with Gasteiger partial charge in [-0.05, 0) is 36.2 Å². The lowest BCUT2D eigenvalue weighted by atomic mass is 9.94. The minimum Gasteiger partial charge on any atom is -0.439 e. The normalized spacial score (nSPS) is 17.6. The van der Waals surface area contributed by atoms with Gasteiger partial charge in [0.25, 0.3) is 0 Å². The number of nitrogens with one attached hydrogen (secondary N) is 1. The van der Waals surface area contributed by atoms with E-state index >= 15 is 0 Å². The smallest absolute Gasteiger partial charge is 0.428 e. The second kappa shape index (κ2) is 6.19. The highest BCUT2D eigenvalue weighted by atomic mass is 19.4. The lowest BCUT2D eigenvalue weighted by Crippen LogP contribution is -2.37. The zero-order chi connectivity index (χ0) is 18.2. The molecule has 1 amide bonds. The molecule has 0 aliphatic carbocycles. The van der Waals surface area contributed by atoms with Crippen molar-refractivity contribution in [2.45, 2.75) is 19.2 Å². The number of hydrogen-bond donors (Lipinski definition) is 1. The first kappa shape index (κ1) is 16.9. The van der Waals surface area contributed by atoms with E-state index in [0.717, 1.165) is 18.2 Å². The van der Waals surface area contributed by atoms with E-state index in [2.05, 4.69) is 10.5 Å². The molecule has 130 valence electrons. The van der Waals surface area contributed by atoms with Gasteiger partial charge in [0.05, 0.1) is 5.56 Å². The first-order valence-corrected chi connectivity index (χ1v) is 7.27. The maximum Gasteiger partial charge on any atom is 0.428 e. The monoisotopic (exact) mass is 352 g/mol. The van der Waals surface area contributed by atoms with Crippen molar-refractivity contribution in [3.05, 3.63) is 59.4 Å². The van der Waals surface area contributed by atoms with Gasteiger partial charge < -0.3 is 4.74 Å². The van der Waals surface area contributed by atoms with Gasteiger partial charge in [-0.15, -0.1) is 0 Å². The maximum absolute atomic E-state index is 13.5. The number of benzene rings is 2. The van der Waals surface area contributed by atoms with Crippen LogP contribution in [0.1, 0.15) is 18.1 Å². The van der Waals surface area contributed by atoms with E-state index in [4.69, 9.17) is 4.74 Å². The number of carbonyl (C=O) groups is 1. The number of nitrogens with zero attached hydrogens (tertiary/aromatic N) is 1. The van der Waals surface area contributed by atoms with Crippen LogP contribution in [0.5, 0.6) is 0 Å². The average Bonchev–Trinajstić information content (AvgIpc) is 2.53. The molecule has 4 nitrogen and oxygen atoms in total. The number of carbonyl (C=O) groups excluding carboxylic acids is 1. The molecule has 3 rings (SSSR count). The second-order valence-corrected chi connectivity index (χ2v) is 5.42. The number of hydrogen-bond acceptors (Lipinski definition) is 3. The Bertz CT molecular complexity index is 862. The summed E-state index contributed by atoms with van der Waals surface area (Å²) in [5.41, 5.74) is 1.42. The van der Waals surface area contributed by atoms with Gasteiger partial charge in [0, 0.05) is 5.56 Å². The first-order valence-electron chi connectivity index (χ1n) is 7.27. The Morgan fingerprint density at radius 1 is 1.12 bits per heavy atom. The third-order valence-electron chi connectivity index (χ3n) is 3.69. The molecular weight excluding hydrogens is 340 g/mol. The molecule has 1 atom stereocenters. The van der Waals surface area contributed by atoms with Crippen LogP contribution >= 0.6 is 0 Å². The summed E-state index contributed by atoms with van der Waals surface area (Å²) in [5.74, 6) is -0.629. The molecule has 0 spiro atoms. The third-order valence-corrected chi connectivity index (χ3v) is 3.69. The van der Waals surface area contributed by atoms with Crippen molar-refractivity contribution in [3.63, 3.8) is 0 Å². The minimum absolute atomic E-state index is 0.113. The zero-order valence-electron chi connectivity index (χ0n) is 12.9. The first-order chi connectivity index (χ1) is 11.8. The molecule has 0 fully saturated rings. The Morgan fingerprint density at radius 3 is 2.52 bits per heavy atom. The van der Waals surface area contributed by atoms with Crippen LogP contribution in [0.2, 0.25) is 0 Å². The molecule has 2 aromatic rings. The SMILES string of the molecule is C[C@@H]1OC(=O)NN=C1c1ccc(-c2cccc(F)c2)c(C(F)(F)F)c1. The molecule has 0 saturated heterocycles. The fourth-order valence-corrected chi connectivity index (χ4v) is 2.58. The van der Waals surface area contributed by atoms with E-state index in [-0.39, 0.29) is 22.4 Å². The highest BCUT2D eigenvalue weighted by molar-refractivity contribution is 6.06. The van der Waals surface area contributed by atoms with E-state index in [1.165, 1.54) is 31.2 Å². The number of alkyl halides is 3. The summed E-state index contributed by atoms with van der Waals surface area (Å²) in [6.45, 7) is 1.51. The standard InChI is InChI=1S/C17H12F4N2O2/c1-9-15(22-23-16(24)25-9)11-5-6-13(14(8-11)17(19,20)21)10-3-2-4-12(18)7-10/h2-9H,1H3,(H,23,24)/t9-/m0/s1. The zero-order valence-corrected chi connectivity index (χ0v) is 12.9. The molecule has 25 heavy (non-hydrogen) atoms. The van der Waals surface area contributed by atoms with E-state index in [9.17, 15) is 22.4 Å². The molecule has 1 heterocycles. The summed E-state index contributed by atoms with van der Waals surface area (Å²) >= 11 is 0. The molecule has 1 aliphatic heterocycles. The lowest BCUT2D eigenvalue weighted by Gasteiger charge is -2.21. The van der Waals surface area contributed by atoms with Crippen LogP contribution in [-0.2, 0) is 10.9 Å². The molecule has 1 N–H and O–H groups in total. The van der Waals surface area contributed by atoms with Crippen LogP contribution in [0.25, 0.3) is 11.1 Å². The van der Waals surface area contributed by atoms with Crippen molar-refractivity contribution < 1.29 is 27.1 Å². The molecule has 8 heteroatoms. The summed E-state index contributed by atoms with van der Waals surface area (Å²) in [6, 6.07) is 8.52. The summed E-state index contributed by atoms with van der Waals surface area (Å²) < 4.78 is 58.8. The Labute approximate surface area is 140 Å².